The normalized spacial score (nSPS) is 8.80. The van der Waals surface area contributed by atoms with E-state index in [1.165, 1.54) is 0 Å². The Balaban J connectivity index is 2.67. The summed E-state index contributed by atoms with van der Waals surface area (Å²) in [7, 11) is 0. The largest absolute Gasteiger partial charge is 0.481 e. The molecule has 1 rings (SSSR count). The van der Waals surface area contributed by atoms with Gasteiger partial charge in [-0.3, -0.25) is 4.98 Å². The molecule has 10 heavy (non-hydrogen) atoms. The Labute approximate surface area is 58.6 Å². The van der Waals surface area contributed by atoms with Gasteiger partial charge in [0.25, 0.3) is 5.95 Å². The van der Waals surface area contributed by atoms with Crippen LogP contribution in [0.4, 0.5) is 0 Å². The molecular weight excluding hydrogens is 130 g/mol. The van der Waals surface area contributed by atoms with Crippen molar-refractivity contribution in [1.82, 2.24) is 4.98 Å². The van der Waals surface area contributed by atoms with Gasteiger partial charge in [-0.1, -0.05) is 0 Å². The summed E-state index contributed by atoms with van der Waals surface area (Å²) in [6.07, 6.45) is 3.14. The lowest BCUT2D eigenvalue weighted by atomic mass is 10.5. The van der Waals surface area contributed by atoms with Gasteiger partial charge in [0.2, 0.25) is 0 Å². The minimum absolute atomic E-state index is 0.314. The van der Waals surface area contributed by atoms with Crippen LogP contribution in [-0.2, 0) is 0 Å². The molecule has 0 aromatic carbocycles. The standard InChI is InChI=1S/C7H7NO2/c1-6(9)10-7-2-4-8-5-3-7/h2-5,9H,1H2. The molecule has 1 heterocycles. The first kappa shape index (κ1) is 6.61. The molecule has 3 nitrogen and oxygen atoms in total. The van der Waals surface area contributed by atoms with E-state index in [4.69, 9.17) is 9.84 Å². The van der Waals surface area contributed by atoms with Gasteiger partial charge in [-0.15, -0.1) is 0 Å². The molecule has 0 saturated heterocycles. The van der Waals surface area contributed by atoms with Crippen LogP contribution < -0.4 is 4.74 Å². The molecular formula is C7H7NO2. The summed E-state index contributed by atoms with van der Waals surface area (Å²) in [4.78, 5) is 3.76. The zero-order valence-corrected chi connectivity index (χ0v) is 5.32. The van der Waals surface area contributed by atoms with Crippen LogP contribution >= 0.6 is 0 Å². The summed E-state index contributed by atoms with van der Waals surface area (Å²) >= 11 is 0. The molecule has 0 aliphatic rings. The molecule has 0 saturated carbocycles. The van der Waals surface area contributed by atoms with Crippen molar-refractivity contribution < 1.29 is 9.84 Å². The second-order valence-corrected chi connectivity index (χ2v) is 1.68. The molecule has 0 fully saturated rings. The van der Waals surface area contributed by atoms with Crippen molar-refractivity contribution in [3.63, 3.8) is 0 Å². The van der Waals surface area contributed by atoms with Crippen LogP contribution in [0.15, 0.2) is 37.1 Å². The molecule has 0 atom stereocenters. The van der Waals surface area contributed by atoms with E-state index in [0.717, 1.165) is 0 Å². The minimum Gasteiger partial charge on any atom is -0.481 e. The number of hydrogen-bond acceptors (Lipinski definition) is 3. The van der Waals surface area contributed by atoms with E-state index in [-0.39, 0.29) is 5.95 Å². The summed E-state index contributed by atoms with van der Waals surface area (Å²) in [5.74, 6) is 0.216. The van der Waals surface area contributed by atoms with Crippen molar-refractivity contribution in [1.29, 1.82) is 0 Å². The fourth-order valence-corrected chi connectivity index (χ4v) is 0.542. The van der Waals surface area contributed by atoms with Crippen LogP contribution in [0.25, 0.3) is 0 Å². The average Bonchev–Trinajstić information content (AvgIpc) is 1.88. The Bertz CT molecular complexity index is 220. The fraction of sp³-hybridized carbons (Fsp3) is 0. The topological polar surface area (TPSA) is 42.4 Å². The van der Waals surface area contributed by atoms with Gasteiger partial charge in [-0.05, 0) is 18.7 Å². The molecule has 1 aromatic heterocycles. The minimum atomic E-state index is -0.314. The molecule has 0 amide bonds. The van der Waals surface area contributed by atoms with Crippen molar-refractivity contribution in [3.05, 3.63) is 37.1 Å². The maximum Gasteiger partial charge on any atom is 0.274 e. The highest BCUT2D eigenvalue weighted by atomic mass is 16.6. The van der Waals surface area contributed by atoms with Gasteiger partial charge in [0.1, 0.15) is 5.75 Å². The third-order valence-electron chi connectivity index (χ3n) is 0.885. The average molecular weight is 137 g/mol. The summed E-state index contributed by atoms with van der Waals surface area (Å²) in [5.41, 5.74) is 0. The molecule has 0 bridgehead atoms. The van der Waals surface area contributed by atoms with E-state index < -0.39 is 0 Å². The first-order valence-corrected chi connectivity index (χ1v) is 2.75. The monoisotopic (exact) mass is 137 g/mol. The summed E-state index contributed by atoms with van der Waals surface area (Å²) in [5, 5.41) is 8.57. The Morgan fingerprint density at radius 2 is 2.10 bits per heavy atom. The van der Waals surface area contributed by atoms with Crippen LogP contribution in [0.3, 0.4) is 0 Å². The Morgan fingerprint density at radius 3 is 2.60 bits per heavy atom. The second kappa shape index (κ2) is 2.87. The van der Waals surface area contributed by atoms with Gasteiger partial charge in [-0.2, -0.15) is 0 Å². The maximum absolute atomic E-state index is 8.57. The van der Waals surface area contributed by atoms with Crippen LogP contribution in [0, 0.1) is 0 Å². The number of nitrogens with zero attached hydrogens (tertiary/aromatic N) is 1. The SMILES string of the molecule is C=C(O)Oc1ccncc1. The predicted octanol–water partition coefficient (Wildman–Crippen LogP) is 1.49. The summed E-state index contributed by atoms with van der Waals surface area (Å²) in [6.45, 7) is 3.16. The number of hydrogen-bond donors (Lipinski definition) is 1. The van der Waals surface area contributed by atoms with Gasteiger partial charge < -0.3 is 9.84 Å². The van der Waals surface area contributed by atoms with Crippen molar-refractivity contribution in [3.8, 4) is 5.75 Å². The quantitative estimate of drug-likeness (QED) is 0.628. The number of aliphatic hydroxyl groups is 1. The lowest BCUT2D eigenvalue weighted by Crippen LogP contribution is -1.90. The molecule has 52 valence electrons. The van der Waals surface area contributed by atoms with Gasteiger partial charge in [0.05, 0.1) is 0 Å². The third kappa shape index (κ3) is 1.78. The number of rotatable bonds is 2. The summed E-state index contributed by atoms with van der Waals surface area (Å²) in [6, 6.07) is 3.25. The van der Waals surface area contributed by atoms with E-state index in [0.29, 0.717) is 5.75 Å². The van der Waals surface area contributed by atoms with Crippen LogP contribution in [-0.4, -0.2) is 10.1 Å². The van der Waals surface area contributed by atoms with Gasteiger partial charge in [0, 0.05) is 12.4 Å². The highest BCUT2D eigenvalue weighted by Crippen LogP contribution is 2.08. The molecule has 0 aliphatic heterocycles. The molecule has 1 aromatic rings. The first-order chi connectivity index (χ1) is 4.79. The molecule has 0 unspecified atom stereocenters. The Kier molecular flexibility index (Phi) is 1.89. The van der Waals surface area contributed by atoms with Crippen molar-refractivity contribution in [2.24, 2.45) is 0 Å². The Morgan fingerprint density at radius 1 is 1.50 bits per heavy atom. The zero-order valence-electron chi connectivity index (χ0n) is 5.32. The number of ether oxygens (including phenoxy) is 1. The molecule has 0 radical (unpaired) electrons. The lowest BCUT2D eigenvalue weighted by molar-refractivity contribution is 0.211. The van der Waals surface area contributed by atoms with Crippen LogP contribution in [0.1, 0.15) is 0 Å². The molecule has 0 spiro atoms. The lowest BCUT2D eigenvalue weighted by Gasteiger charge is -1.99. The Hall–Kier alpha value is -1.51. The molecule has 1 N–H and O–H groups in total. The smallest absolute Gasteiger partial charge is 0.274 e. The van der Waals surface area contributed by atoms with Crippen molar-refractivity contribution >= 4 is 0 Å². The van der Waals surface area contributed by atoms with Crippen LogP contribution in [0.5, 0.6) is 5.75 Å². The number of aromatic nitrogens is 1. The van der Waals surface area contributed by atoms with Crippen LogP contribution in [0.2, 0.25) is 0 Å². The second-order valence-electron chi connectivity index (χ2n) is 1.68. The van der Waals surface area contributed by atoms with Gasteiger partial charge in [0.15, 0.2) is 0 Å². The van der Waals surface area contributed by atoms with E-state index in [2.05, 4.69) is 11.6 Å². The number of pyridine rings is 1. The first-order valence-electron chi connectivity index (χ1n) is 2.75. The highest BCUT2D eigenvalue weighted by molar-refractivity contribution is 5.18. The van der Waals surface area contributed by atoms with E-state index in [1.54, 1.807) is 24.5 Å². The maximum atomic E-state index is 8.57. The fourth-order valence-electron chi connectivity index (χ4n) is 0.542. The van der Waals surface area contributed by atoms with Gasteiger partial charge in [-0.25, -0.2) is 0 Å². The molecule has 0 aliphatic carbocycles. The predicted molar refractivity (Wildman–Crippen MR) is 36.6 cm³/mol. The highest BCUT2D eigenvalue weighted by Gasteiger charge is 1.90. The van der Waals surface area contributed by atoms with Crippen molar-refractivity contribution in [2.75, 3.05) is 0 Å². The van der Waals surface area contributed by atoms with E-state index in [9.17, 15) is 0 Å². The number of aliphatic hydroxyl groups excluding tert-OH is 1. The van der Waals surface area contributed by atoms with E-state index in [1.807, 2.05) is 0 Å². The van der Waals surface area contributed by atoms with Gasteiger partial charge >= 0.3 is 0 Å². The zero-order chi connectivity index (χ0) is 7.40. The van der Waals surface area contributed by atoms with Crippen molar-refractivity contribution in [2.45, 2.75) is 0 Å². The third-order valence-corrected chi connectivity index (χ3v) is 0.885. The summed E-state index contributed by atoms with van der Waals surface area (Å²) < 4.78 is 4.74. The van der Waals surface area contributed by atoms with E-state index >= 15 is 0 Å². The molecule has 3 heteroatoms.